The largest absolute Gasteiger partial charge is 0.303 e. The van der Waals surface area contributed by atoms with Crippen molar-refractivity contribution in [1.82, 2.24) is 10.2 Å². The maximum atomic E-state index is 9.53. The van der Waals surface area contributed by atoms with Crippen LogP contribution in [0.2, 0.25) is 0 Å². The highest BCUT2D eigenvalue weighted by Gasteiger charge is 2.42. The molecule has 0 aromatic rings. The summed E-state index contributed by atoms with van der Waals surface area (Å²) in [6, 6.07) is 2.59. The molecule has 0 aromatic carbocycles. The molecule has 1 saturated carbocycles. The minimum Gasteiger partial charge on any atom is -0.303 e. The minimum absolute atomic E-state index is 0.218. The summed E-state index contributed by atoms with van der Waals surface area (Å²) < 4.78 is 0. The molecular formula is C15H27N3. The Morgan fingerprint density at radius 2 is 2.06 bits per heavy atom. The van der Waals surface area contributed by atoms with E-state index in [0.717, 1.165) is 13.0 Å². The molecular weight excluding hydrogens is 222 g/mol. The van der Waals surface area contributed by atoms with E-state index in [1.54, 1.807) is 0 Å². The van der Waals surface area contributed by atoms with Gasteiger partial charge in [0.2, 0.25) is 0 Å². The second-order valence-electron chi connectivity index (χ2n) is 5.89. The van der Waals surface area contributed by atoms with E-state index < -0.39 is 0 Å². The number of rotatable bonds is 5. The van der Waals surface area contributed by atoms with Crippen LogP contribution < -0.4 is 5.32 Å². The quantitative estimate of drug-likeness (QED) is 0.814. The van der Waals surface area contributed by atoms with Gasteiger partial charge in [0.15, 0.2) is 0 Å². The van der Waals surface area contributed by atoms with E-state index in [2.05, 4.69) is 23.2 Å². The Morgan fingerprint density at radius 3 is 2.72 bits per heavy atom. The van der Waals surface area contributed by atoms with Crippen LogP contribution >= 0.6 is 0 Å². The highest BCUT2D eigenvalue weighted by molar-refractivity contribution is 5.14. The van der Waals surface area contributed by atoms with Crippen LogP contribution in [0.4, 0.5) is 0 Å². The number of piperidine rings is 1. The molecule has 2 fully saturated rings. The first-order valence-corrected chi connectivity index (χ1v) is 7.69. The van der Waals surface area contributed by atoms with Gasteiger partial charge in [-0.2, -0.15) is 5.26 Å². The predicted octanol–water partition coefficient (Wildman–Crippen LogP) is 2.53. The number of hydrogen-bond acceptors (Lipinski definition) is 3. The third kappa shape index (κ3) is 3.05. The van der Waals surface area contributed by atoms with E-state index in [1.165, 1.54) is 58.2 Å². The lowest BCUT2D eigenvalue weighted by molar-refractivity contribution is 0.196. The van der Waals surface area contributed by atoms with Crippen LogP contribution in [0.25, 0.3) is 0 Å². The van der Waals surface area contributed by atoms with E-state index in [9.17, 15) is 5.26 Å². The van der Waals surface area contributed by atoms with Gasteiger partial charge in [0.25, 0.3) is 0 Å². The molecule has 1 aliphatic heterocycles. The molecule has 2 aliphatic rings. The first-order valence-electron chi connectivity index (χ1n) is 7.69. The van der Waals surface area contributed by atoms with Gasteiger partial charge in [-0.15, -0.1) is 0 Å². The molecule has 0 aromatic heterocycles. The zero-order valence-corrected chi connectivity index (χ0v) is 11.7. The van der Waals surface area contributed by atoms with Gasteiger partial charge in [0, 0.05) is 0 Å². The topological polar surface area (TPSA) is 39.1 Å². The summed E-state index contributed by atoms with van der Waals surface area (Å²) in [5.74, 6) is 0.560. The summed E-state index contributed by atoms with van der Waals surface area (Å²) in [4.78, 5) is 2.59. The Labute approximate surface area is 112 Å². The van der Waals surface area contributed by atoms with Gasteiger partial charge >= 0.3 is 0 Å². The van der Waals surface area contributed by atoms with E-state index in [4.69, 9.17) is 0 Å². The number of likely N-dealkylation sites (tertiary alicyclic amines) is 1. The first-order chi connectivity index (χ1) is 8.80. The highest BCUT2D eigenvalue weighted by Crippen LogP contribution is 2.37. The van der Waals surface area contributed by atoms with Crippen molar-refractivity contribution < 1.29 is 0 Å². The van der Waals surface area contributed by atoms with Gasteiger partial charge in [-0.1, -0.05) is 19.8 Å². The normalized spacial score (nSPS) is 33.4. The van der Waals surface area contributed by atoms with Crippen molar-refractivity contribution in [3.8, 4) is 6.07 Å². The van der Waals surface area contributed by atoms with Gasteiger partial charge in [-0.3, -0.25) is 5.32 Å². The first kappa shape index (κ1) is 13.8. The monoisotopic (exact) mass is 249 g/mol. The average Bonchev–Trinajstić information content (AvgIpc) is 2.81. The van der Waals surface area contributed by atoms with Gasteiger partial charge in [-0.05, 0) is 64.2 Å². The zero-order chi connectivity index (χ0) is 12.8. The number of nitrogens with zero attached hydrogens (tertiary/aromatic N) is 2. The molecule has 0 amide bonds. The SMILES string of the molecule is CCNC1(C#N)CCCC1CCN1CCCCC1. The number of nitriles is 1. The Hall–Kier alpha value is -0.590. The van der Waals surface area contributed by atoms with Crippen molar-refractivity contribution in [3.05, 3.63) is 0 Å². The summed E-state index contributed by atoms with van der Waals surface area (Å²) in [7, 11) is 0. The fourth-order valence-electron chi connectivity index (χ4n) is 3.72. The van der Waals surface area contributed by atoms with Crippen LogP contribution in [-0.4, -0.2) is 36.6 Å². The summed E-state index contributed by atoms with van der Waals surface area (Å²) in [6.45, 7) is 6.76. The minimum atomic E-state index is -0.218. The standard InChI is InChI=1S/C15H27N3/c1-2-17-15(13-16)9-6-7-14(15)8-12-18-10-4-3-5-11-18/h14,17H,2-12H2,1H3. The van der Waals surface area contributed by atoms with Crippen molar-refractivity contribution >= 4 is 0 Å². The fraction of sp³-hybridized carbons (Fsp3) is 0.933. The van der Waals surface area contributed by atoms with Crippen LogP contribution in [0, 0.1) is 17.2 Å². The lowest BCUT2D eigenvalue weighted by atomic mass is 9.85. The molecule has 1 saturated heterocycles. The van der Waals surface area contributed by atoms with Gasteiger partial charge in [0.05, 0.1) is 6.07 Å². The Bertz CT molecular complexity index is 291. The highest BCUT2D eigenvalue weighted by atomic mass is 15.1. The van der Waals surface area contributed by atoms with Crippen LogP contribution in [0.1, 0.15) is 51.9 Å². The molecule has 0 bridgehead atoms. The molecule has 2 unspecified atom stereocenters. The molecule has 2 atom stereocenters. The van der Waals surface area contributed by atoms with E-state index >= 15 is 0 Å². The molecule has 1 aliphatic carbocycles. The van der Waals surface area contributed by atoms with Crippen molar-refractivity contribution in [3.63, 3.8) is 0 Å². The van der Waals surface area contributed by atoms with Crippen LogP contribution in [0.15, 0.2) is 0 Å². The maximum Gasteiger partial charge on any atom is 0.109 e. The van der Waals surface area contributed by atoms with Crippen molar-refractivity contribution in [1.29, 1.82) is 5.26 Å². The third-order valence-electron chi connectivity index (χ3n) is 4.75. The van der Waals surface area contributed by atoms with Crippen LogP contribution in [-0.2, 0) is 0 Å². The fourth-order valence-corrected chi connectivity index (χ4v) is 3.72. The zero-order valence-electron chi connectivity index (χ0n) is 11.7. The molecule has 18 heavy (non-hydrogen) atoms. The molecule has 0 spiro atoms. The van der Waals surface area contributed by atoms with E-state index in [-0.39, 0.29) is 5.54 Å². The summed E-state index contributed by atoms with van der Waals surface area (Å²) >= 11 is 0. The smallest absolute Gasteiger partial charge is 0.109 e. The van der Waals surface area contributed by atoms with Gasteiger partial charge in [0.1, 0.15) is 5.54 Å². The molecule has 3 nitrogen and oxygen atoms in total. The number of nitrogens with one attached hydrogen (secondary N) is 1. The van der Waals surface area contributed by atoms with Crippen LogP contribution in [0.3, 0.4) is 0 Å². The van der Waals surface area contributed by atoms with Gasteiger partial charge < -0.3 is 4.90 Å². The Balaban J connectivity index is 1.85. The Kier molecular flexibility index (Phi) is 5.03. The number of hydrogen-bond donors (Lipinski definition) is 1. The van der Waals surface area contributed by atoms with E-state index in [1.807, 2.05) is 0 Å². The molecule has 2 rings (SSSR count). The molecule has 1 heterocycles. The molecule has 3 heteroatoms. The third-order valence-corrected chi connectivity index (χ3v) is 4.75. The predicted molar refractivity (Wildman–Crippen MR) is 74.3 cm³/mol. The average molecular weight is 249 g/mol. The van der Waals surface area contributed by atoms with Gasteiger partial charge in [-0.25, -0.2) is 0 Å². The summed E-state index contributed by atoms with van der Waals surface area (Å²) in [5, 5.41) is 13.0. The summed E-state index contributed by atoms with van der Waals surface area (Å²) in [5.41, 5.74) is -0.218. The summed E-state index contributed by atoms with van der Waals surface area (Å²) in [6.07, 6.45) is 8.81. The maximum absolute atomic E-state index is 9.53. The Morgan fingerprint density at radius 1 is 1.28 bits per heavy atom. The van der Waals surface area contributed by atoms with Crippen molar-refractivity contribution in [2.24, 2.45) is 5.92 Å². The molecule has 1 N–H and O–H groups in total. The lowest BCUT2D eigenvalue weighted by Crippen LogP contribution is -2.48. The lowest BCUT2D eigenvalue weighted by Gasteiger charge is -2.32. The molecule has 102 valence electrons. The molecule has 0 radical (unpaired) electrons. The second-order valence-corrected chi connectivity index (χ2v) is 5.89. The van der Waals surface area contributed by atoms with Crippen molar-refractivity contribution in [2.75, 3.05) is 26.2 Å². The van der Waals surface area contributed by atoms with E-state index in [0.29, 0.717) is 5.92 Å². The van der Waals surface area contributed by atoms with Crippen LogP contribution in [0.5, 0.6) is 0 Å². The van der Waals surface area contributed by atoms with Crippen molar-refractivity contribution in [2.45, 2.75) is 57.4 Å². The second kappa shape index (κ2) is 6.54.